The smallest absolute Gasteiger partial charge is 0.303 e. The number of nitrogens with zero attached hydrogens (tertiary/aromatic N) is 1. The topological polar surface area (TPSA) is 86.6 Å². The highest BCUT2D eigenvalue weighted by atomic mass is 16.4. The predicted molar refractivity (Wildman–Crippen MR) is 68.0 cm³/mol. The summed E-state index contributed by atoms with van der Waals surface area (Å²) in [6.45, 7) is 3.82. The van der Waals surface area contributed by atoms with E-state index >= 15 is 0 Å². The van der Waals surface area contributed by atoms with Crippen molar-refractivity contribution in [1.82, 2.24) is 5.32 Å². The molecule has 0 aliphatic carbocycles. The van der Waals surface area contributed by atoms with Crippen LogP contribution in [0.15, 0.2) is 0 Å². The number of rotatable bonds is 9. The quantitative estimate of drug-likeness (QED) is 0.397. The molecule has 1 atom stereocenters. The number of aliphatic carboxylic acids is 1. The molecule has 0 fully saturated rings. The number of carboxylic acids is 1. The average molecular weight is 261 g/mol. The van der Waals surface area contributed by atoms with Gasteiger partial charge in [-0.05, 0) is 6.92 Å². The molecule has 0 aromatic heterocycles. The zero-order chi connectivity index (χ0) is 14.2. The van der Waals surface area contributed by atoms with Crippen molar-refractivity contribution in [1.29, 1.82) is 0 Å². The van der Waals surface area contributed by atoms with Crippen LogP contribution in [0.2, 0.25) is 0 Å². The Morgan fingerprint density at radius 1 is 1.28 bits per heavy atom. The summed E-state index contributed by atoms with van der Waals surface area (Å²) in [6, 6.07) is 0. The van der Waals surface area contributed by atoms with E-state index in [-0.39, 0.29) is 24.9 Å². The van der Waals surface area contributed by atoms with Crippen molar-refractivity contribution in [2.75, 3.05) is 33.7 Å². The summed E-state index contributed by atoms with van der Waals surface area (Å²) in [5, 5.41) is 20.4. The lowest BCUT2D eigenvalue weighted by molar-refractivity contribution is -0.893. The maximum absolute atomic E-state index is 11.2. The van der Waals surface area contributed by atoms with E-state index in [1.165, 1.54) is 0 Å². The highest BCUT2D eigenvalue weighted by Gasteiger charge is 2.17. The zero-order valence-corrected chi connectivity index (χ0v) is 11.5. The second kappa shape index (κ2) is 8.05. The summed E-state index contributed by atoms with van der Waals surface area (Å²) in [5.41, 5.74) is 0. The van der Waals surface area contributed by atoms with E-state index in [0.29, 0.717) is 17.6 Å². The standard InChI is InChI=1S/C12H24N2O4/c1-10(15)9-14(2,3)8-4-7-13-11(16)5-6-12(17)18/h10,15H,4-9H2,1-3H3,(H-,13,16,17,18)/p+1. The first kappa shape index (κ1) is 16.9. The second-order valence-electron chi connectivity index (χ2n) is 5.29. The molecule has 0 aliphatic heterocycles. The van der Waals surface area contributed by atoms with Gasteiger partial charge in [0.05, 0.1) is 27.1 Å². The molecule has 3 N–H and O–H groups in total. The lowest BCUT2D eigenvalue weighted by atomic mass is 10.2. The Hall–Kier alpha value is -1.14. The number of amides is 1. The van der Waals surface area contributed by atoms with E-state index in [1.807, 2.05) is 14.1 Å². The van der Waals surface area contributed by atoms with Crippen molar-refractivity contribution < 1.29 is 24.3 Å². The van der Waals surface area contributed by atoms with Crippen molar-refractivity contribution >= 4 is 11.9 Å². The van der Waals surface area contributed by atoms with Crippen molar-refractivity contribution in [3.63, 3.8) is 0 Å². The molecule has 18 heavy (non-hydrogen) atoms. The van der Waals surface area contributed by atoms with Gasteiger partial charge in [0.2, 0.25) is 5.91 Å². The number of carbonyl (C=O) groups is 2. The lowest BCUT2D eigenvalue weighted by Crippen LogP contribution is -2.46. The van der Waals surface area contributed by atoms with Crippen LogP contribution >= 0.6 is 0 Å². The minimum absolute atomic E-state index is 0.0290. The molecule has 0 aliphatic rings. The van der Waals surface area contributed by atoms with Crippen LogP contribution in [0.4, 0.5) is 0 Å². The highest BCUT2D eigenvalue weighted by molar-refractivity contribution is 5.80. The molecule has 0 saturated carbocycles. The first-order valence-corrected chi connectivity index (χ1v) is 6.21. The molecule has 106 valence electrons. The number of aliphatic hydroxyl groups is 1. The fourth-order valence-electron chi connectivity index (χ4n) is 1.85. The number of likely N-dealkylation sites (N-methyl/N-ethyl adjacent to an activating group) is 1. The fraction of sp³-hybridized carbons (Fsp3) is 0.833. The van der Waals surface area contributed by atoms with Gasteiger partial charge in [0.1, 0.15) is 12.6 Å². The third-order valence-corrected chi connectivity index (χ3v) is 2.59. The van der Waals surface area contributed by atoms with Gasteiger partial charge in [0.25, 0.3) is 0 Å². The Bertz CT molecular complexity index is 277. The molecule has 0 saturated heterocycles. The van der Waals surface area contributed by atoms with Crippen LogP contribution in [-0.2, 0) is 9.59 Å². The third kappa shape index (κ3) is 10.0. The number of hydrogen-bond donors (Lipinski definition) is 3. The summed E-state index contributed by atoms with van der Waals surface area (Å²) in [6.07, 6.45) is 0.361. The number of aliphatic hydroxyl groups excluding tert-OH is 1. The van der Waals surface area contributed by atoms with E-state index in [4.69, 9.17) is 5.11 Å². The Morgan fingerprint density at radius 2 is 1.89 bits per heavy atom. The molecule has 0 spiro atoms. The molecular weight excluding hydrogens is 236 g/mol. The van der Waals surface area contributed by atoms with E-state index in [9.17, 15) is 14.7 Å². The lowest BCUT2D eigenvalue weighted by Gasteiger charge is -2.31. The zero-order valence-electron chi connectivity index (χ0n) is 11.5. The van der Waals surface area contributed by atoms with Crippen LogP contribution in [0.25, 0.3) is 0 Å². The van der Waals surface area contributed by atoms with Gasteiger partial charge < -0.3 is 20.0 Å². The summed E-state index contributed by atoms with van der Waals surface area (Å²) >= 11 is 0. The summed E-state index contributed by atoms with van der Waals surface area (Å²) in [4.78, 5) is 21.5. The Morgan fingerprint density at radius 3 is 2.39 bits per heavy atom. The molecule has 1 unspecified atom stereocenters. The van der Waals surface area contributed by atoms with Crippen LogP contribution in [0.1, 0.15) is 26.2 Å². The van der Waals surface area contributed by atoms with Crippen LogP contribution < -0.4 is 5.32 Å². The van der Waals surface area contributed by atoms with Crippen molar-refractivity contribution in [2.24, 2.45) is 0 Å². The Kier molecular flexibility index (Phi) is 7.54. The monoisotopic (exact) mass is 261 g/mol. The molecule has 0 aromatic carbocycles. The second-order valence-corrected chi connectivity index (χ2v) is 5.29. The van der Waals surface area contributed by atoms with Crippen molar-refractivity contribution in [3.8, 4) is 0 Å². The van der Waals surface area contributed by atoms with Crippen LogP contribution in [-0.4, -0.2) is 66.4 Å². The van der Waals surface area contributed by atoms with E-state index in [2.05, 4.69) is 5.32 Å². The van der Waals surface area contributed by atoms with Crippen LogP contribution in [0.5, 0.6) is 0 Å². The van der Waals surface area contributed by atoms with E-state index in [1.54, 1.807) is 6.92 Å². The first-order valence-electron chi connectivity index (χ1n) is 6.21. The number of hydrogen-bond acceptors (Lipinski definition) is 3. The number of nitrogens with one attached hydrogen (secondary N) is 1. The van der Waals surface area contributed by atoms with Gasteiger partial charge in [-0.3, -0.25) is 9.59 Å². The molecular formula is C12H25N2O4+. The summed E-state index contributed by atoms with van der Waals surface area (Å²) in [7, 11) is 4.05. The normalized spacial score (nSPS) is 13.1. The summed E-state index contributed by atoms with van der Waals surface area (Å²) < 4.78 is 0.697. The van der Waals surface area contributed by atoms with Gasteiger partial charge in [-0.2, -0.15) is 0 Å². The number of quaternary nitrogens is 1. The summed E-state index contributed by atoms with van der Waals surface area (Å²) in [5.74, 6) is -1.18. The van der Waals surface area contributed by atoms with Gasteiger partial charge in [-0.15, -0.1) is 0 Å². The van der Waals surface area contributed by atoms with Crippen LogP contribution in [0.3, 0.4) is 0 Å². The minimum Gasteiger partial charge on any atom is -0.481 e. The van der Waals surface area contributed by atoms with E-state index < -0.39 is 5.97 Å². The molecule has 1 amide bonds. The maximum atomic E-state index is 11.2. The molecule has 0 rings (SSSR count). The third-order valence-electron chi connectivity index (χ3n) is 2.59. The van der Waals surface area contributed by atoms with Gasteiger partial charge in [0, 0.05) is 19.4 Å². The van der Waals surface area contributed by atoms with Crippen molar-refractivity contribution in [2.45, 2.75) is 32.3 Å². The first-order chi connectivity index (χ1) is 8.23. The average Bonchev–Trinajstić information content (AvgIpc) is 2.19. The molecule has 0 bridgehead atoms. The molecule has 0 aromatic rings. The fourth-order valence-corrected chi connectivity index (χ4v) is 1.85. The largest absolute Gasteiger partial charge is 0.481 e. The van der Waals surface area contributed by atoms with Gasteiger partial charge in [0.15, 0.2) is 0 Å². The highest BCUT2D eigenvalue weighted by Crippen LogP contribution is 2.01. The van der Waals surface area contributed by atoms with Gasteiger partial charge in [-0.25, -0.2) is 0 Å². The SMILES string of the molecule is CC(O)C[N+](C)(C)CCCNC(=O)CCC(=O)O. The predicted octanol–water partition coefficient (Wildman–Crippen LogP) is -0.185. The molecule has 0 radical (unpaired) electrons. The van der Waals surface area contributed by atoms with Crippen molar-refractivity contribution in [3.05, 3.63) is 0 Å². The maximum Gasteiger partial charge on any atom is 0.303 e. The number of carboxylic acid groups (broad SMARTS) is 1. The Balaban J connectivity index is 3.66. The molecule has 6 heteroatoms. The molecule has 6 nitrogen and oxygen atoms in total. The van der Waals surface area contributed by atoms with Gasteiger partial charge >= 0.3 is 5.97 Å². The van der Waals surface area contributed by atoms with Crippen LogP contribution in [0, 0.1) is 0 Å². The van der Waals surface area contributed by atoms with Gasteiger partial charge in [-0.1, -0.05) is 0 Å². The van der Waals surface area contributed by atoms with E-state index in [0.717, 1.165) is 13.0 Å². The molecule has 0 heterocycles. The minimum atomic E-state index is -0.958. The number of carbonyl (C=O) groups excluding carboxylic acids is 1. The Labute approximate surface area is 108 Å².